The minimum absolute atomic E-state index is 0. The summed E-state index contributed by atoms with van der Waals surface area (Å²) >= 11 is 0. The third-order valence-corrected chi connectivity index (χ3v) is 3.30. The zero-order valence-electron chi connectivity index (χ0n) is 11.2. The van der Waals surface area contributed by atoms with Gasteiger partial charge in [0.15, 0.2) is 0 Å². The number of hydrogen-bond donors (Lipinski definition) is 2. The SMILES string of the molecule is Cc1ccc(C(=O)NC2(C)CCNCC2)cn1.Cl.Cl. The summed E-state index contributed by atoms with van der Waals surface area (Å²) in [6, 6.07) is 3.68. The highest BCUT2D eigenvalue weighted by Crippen LogP contribution is 2.17. The highest BCUT2D eigenvalue weighted by atomic mass is 35.5. The van der Waals surface area contributed by atoms with Crippen molar-refractivity contribution < 1.29 is 4.79 Å². The van der Waals surface area contributed by atoms with Crippen LogP contribution in [0.25, 0.3) is 0 Å². The summed E-state index contributed by atoms with van der Waals surface area (Å²) < 4.78 is 0. The number of hydrogen-bond acceptors (Lipinski definition) is 3. The number of aromatic nitrogens is 1. The molecule has 108 valence electrons. The summed E-state index contributed by atoms with van der Waals surface area (Å²) in [5.74, 6) is -0.0260. The Morgan fingerprint density at radius 2 is 1.95 bits per heavy atom. The molecule has 6 heteroatoms. The fourth-order valence-electron chi connectivity index (χ4n) is 2.05. The van der Waals surface area contributed by atoms with Crippen LogP contribution in [0.1, 0.15) is 35.8 Å². The van der Waals surface area contributed by atoms with E-state index in [2.05, 4.69) is 22.5 Å². The average molecular weight is 306 g/mol. The third-order valence-electron chi connectivity index (χ3n) is 3.30. The number of carbonyl (C=O) groups is 1. The van der Waals surface area contributed by atoms with Crippen LogP contribution in [-0.4, -0.2) is 29.5 Å². The van der Waals surface area contributed by atoms with Crippen LogP contribution in [0.4, 0.5) is 0 Å². The van der Waals surface area contributed by atoms with Crippen LogP contribution in [0.2, 0.25) is 0 Å². The zero-order valence-corrected chi connectivity index (χ0v) is 12.9. The van der Waals surface area contributed by atoms with Gasteiger partial charge in [0, 0.05) is 17.4 Å². The molecule has 1 fully saturated rings. The molecular weight excluding hydrogens is 285 g/mol. The number of nitrogens with zero attached hydrogens (tertiary/aromatic N) is 1. The van der Waals surface area contributed by atoms with Gasteiger partial charge in [-0.25, -0.2) is 0 Å². The van der Waals surface area contributed by atoms with Gasteiger partial charge in [0.05, 0.1) is 5.56 Å². The Kier molecular flexibility index (Phi) is 7.34. The predicted octanol–water partition coefficient (Wildman–Crippen LogP) is 2.11. The van der Waals surface area contributed by atoms with Crippen LogP contribution in [0.5, 0.6) is 0 Å². The maximum Gasteiger partial charge on any atom is 0.253 e. The first-order valence-electron chi connectivity index (χ1n) is 6.05. The largest absolute Gasteiger partial charge is 0.347 e. The molecule has 1 aliphatic heterocycles. The van der Waals surface area contributed by atoms with Gasteiger partial charge in [-0.05, 0) is 51.9 Å². The average Bonchev–Trinajstić information content (AvgIpc) is 2.30. The van der Waals surface area contributed by atoms with Gasteiger partial charge in [-0.15, -0.1) is 24.8 Å². The summed E-state index contributed by atoms with van der Waals surface area (Å²) in [5, 5.41) is 6.41. The molecule has 0 bridgehead atoms. The van der Waals surface area contributed by atoms with Gasteiger partial charge in [-0.1, -0.05) is 0 Å². The summed E-state index contributed by atoms with van der Waals surface area (Å²) in [6.07, 6.45) is 3.57. The second-order valence-corrected chi connectivity index (χ2v) is 4.95. The number of aryl methyl sites for hydroxylation is 1. The molecule has 2 N–H and O–H groups in total. The number of rotatable bonds is 2. The molecule has 2 heterocycles. The van der Waals surface area contributed by atoms with E-state index in [9.17, 15) is 4.79 Å². The van der Waals surface area contributed by atoms with E-state index in [1.165, 1.54) is 0 Å². The number of piperidine rings is 1. The highest BCUT2D eigenvalue weighted by Gasteiger charge is 2.28. The van der Waals surface area contributed by atoms with Crippen LogP contribution in [0.15, 0.2) is 18.3 Å². The molecule has 1 aromatic rings. The molecule has 0 aromatic carbocycles. The minimum Gasteiger partial charge on any atom is -0.347 e. The molecule has 0 spiro atoms. The van der Waals surface area contributed by atoms with Crippen LogP contribution >= 0.6 is 24.8 Å². The smallest absolute Gasteiger partial charge is 0.253 e. The Hall–Kier alpha value is -0.840. The topological polar surface area (TPSA) is 54.0 Å². The molecule has 19 heavy (non-hydrogen) atoms. The lowest BCUT2D eigenvalue weighted by Gasteiger charge is -2.34. The second kappa shape index (κ2) is 7.68. The van der Waals surface area contributed by atoms with Gasteiger partial charge < -0.3 is 10.6 Å². The Morgan fingerprint density at radius 3 is 2.47 bits per heavy atom. The van der Waals surface area contributed by atoms with Crippen molar-refractivity contribution >= 4 is 30.7 Å². The van der Waals surface area contributed by atoms with Crippen LogP contribution in [0.3, 0.4) is 0 Å². The van der Waals surface area contributed by atoms with Crippen molar-refractivity contribution in [2.75, 3.05) is 13.1 Å². The normalized spacial score (nSPS) is 16.7. The molecular formula is C13H21Cl2N3O. The Bertz CT molecular complexity index is 403. The van der Waals surface area contributed by atoms with Crippen LogP contribution in [-0.2, 0) is 0 Å². The van der Waals surface area contributed by atoms with Crippen LogP contribution < -0.4 is 10.6 Å². The van der Waals surface area contributed by atoms with Crippen molar-refractivity contribution in [1.29, 1.82) is 0 Å². The van der Waals surface area contributed by atoms with E-state index in [-0.39, 0.29) is 36.3 Å². The van der Waals surface area contributed by atoms with E-state index < -0.39 is 0 Å². The fourth-order valence-corrected chi connectivity index (χ4v) is 2.05. The first kappa shape index (κ1) is 18.2. The molecule has 4 nitrogen and oxygen atoms in total. The minimum atomic E-state index is -0.0901. The monoisotopic (exact) mass is 305 g/mol. The van der Waals surface area contributed by atoms with Gasteiger partial charge in [-0.3, -0.25) is 9.78 Å². The third kappa shape index (κ3) is 4.97. The lowest BCUT2D eigenvalue weighted by Crippen LogP contribution is -2.52. The summed E-state index contributed by atoms with van der Waals surface area (Å²) in [4.78, 5) is 16.2. The number of halogens is 2. The lowest BCUT2D eigenvalue weighted by molar-refractivity contribution is 0.0887. The molecule has 1 aromatic heterocycles. The first-order valence-corrected chi connectivity index (χ1v) is 6.05. The van der Waals surface area contributed by atoms with Crippen molar-refractivity contribution in [1.82, 2.24) is 15.6 Å². The van der Waals surface area contributed by atoms with E-state index in [1.807, 2.05) is 19.1 Å². The first-order chi connectivity index (χ1) is 8.09. The summed E-state index contributed by atoms with van der Waals surface area (Å²) in [7, 11) is 0. The molecule has 0 radical (unpaired) electrons. The zero-order chi connectivity index (χ0) is 12.3. The molecule has 1 aliphatic rings. The van der Waals surface area contributed by atoms with Crippen molar-refractivity contribution in [3.8, 4) is 0 Å². The van der Waals surface area contributed by atoms with Gasteiger partial charge in [0.25, 0.3) is 5.91 Å². The standard InChI is InChI=1S/C13H19N3O.2ClH/c1-10-3-4-11(9-15-10)12(17)16-13(2)5-7-14-8-6-13;;/h3-4,9,14H,5-8H2,1-2H3,(H,16,17);2*1H. The summed E-state index contributed by atoms with van der Waals surface area (Å²) in [5.41, 5.74) is 1.47. The lowest BCUT2D eigenvalue weighted by atomic mass is 9.90. The molecule has 0 atom stereocenters. The van der Waals surface area contributed by atoms with Gasteiger partial charge >= 0.3 is 0 Å². The Labute approximate surface area is 126 Å². The molecule has 0 unspecified atom stereocenters. The van der Waals surface area contributed by atoms with E-state index in [1.54, 1.807) is 6.20 Å². The quantitative estimate of drug-likeness (QED) is 0.880. The Morgan fingerprint density at radius 1 is 1.32 bits per heavy atom. The van der Waals surface area contributed by atoms with Gasteiger partial charge in [0.1, 0.15) is 0 Å². The molecule has 2 rings (SSSR count). The van der Waals surface area contributed by atoms with Crippen molar-refractivity contribution in [3.05, 3.63) is 29.6 Å². The fraction of sp³-hybridized carbons (Fsp3) is 0.538. The second-order valence-electron chi connectivity index (χ2n) is 4.95. The molecule has 1 amide bonds. The maximum absolute atomic E-state index is 12.1. The Balaban J connectivity index is 0.00000162. The van der Waals surface area contributed by atoms with E-state index >= 15 is 0 Å². The molecule has 1 saturated heterocycles. The van der Waals surface area contributed by atoms with Crippen molar-refractivity contribution in [3.63, 3.8) is 0 Å². The van der Waals surface area contributed by atoms with E-state index in [4.69, 9.17) is 0 Å². The van der Waals surface area contributed by atoms with E-state index in [0.29, 0.717) is 5.56 Å². The maximum atomic E-state index is 12.1. The van der Waals surface area contributed by atoms with Crippen molar-refractivity contribution in [2.24, 2.45) is 0 Å². The number of pyridine rings is 1. The highest BCUT2D eigenvalue weighted by molar-refractivity contribution is 5.94. The van der Waals surface area contributed by atoms with Gasteiger partial charge in [0.2, 0.25) is 0 Å². The van der Waals surface area contributed by atoms with Crippen LogP contribution in [0, 0.1) is 6.92 Å². The van der Waals surface area contributed by atoms with Gasteiger partial charge in [-0.2, -0.15) is 0 Å². The van der Waals surface area contributed by atoms with Crippen molar-refractivity contribution in [2.45, 2.75) is 32.2 Å². The summed E-state index contributed by atoms with van der Waals surface area (Å²) in [6.45, 7) is 5.94. The molecule has 0 saturated carbocycles. The number of amides is 1. The van der Waals surface area contributed by atoms with E-state index in [0.717, 1.165) is 31.6 Å². The number of nitrogens with one attached hydrogen (secondary N) is 2. The molecule has 0 aliphatic carbocycles. The predicted molar refractivity (Wildman–Crippen MR) is 81.4 cm³/mol. The number of carbonyl (C=O) groups excluding carboxylic acids is 1.